The van der Waals surface area contributed by atoms with Crippen LogP contribution in [0.4, 0.5) is 4.79 Å². The highest BCUT2D eigenvalue weighted by Gasteiger charge is 2.42. The maximum absolute atomic E-state index is 13.2. The SMILES string of the molecule is CC1CCCN1C(=O)C(NC(=O)NC(C(=O)C1CC1)C1CCCCC1)C(C)(C)C.CCSC(NC=O)C(=O)C(=O)NC. The third-order valence-electron chi connectivity index (χ3n) is 8.16. The van der Waals surface area contributed by atoms with Crippen molar-refractivity contribution >= 4 is 47.6 Å². The normalized spacial score (nSPS) is 21.1. The Balaban J connectivity index is 0.000000401. The monoisotopic (exact) mass is 609 g/mol. The number of nitrogens with one attached hydrogen (secondary N) is 4. The van der Waals surface area contributed by atoms with Gasteiger partial charge in [0.25, 0.3) is 11.7 Å². The van der Waals surface area contributed by atoms with Gasteiger partial charge in [0.1, 0.15) is 11.4 Å². The van der Waals surface area contributed by atoms with E-state index >= 15 is 0 Å². The molecule has 1 aliphatic heterocycles. The topological polar surface area (TPSA) is 154 Å². The zero-order valence-corrected chi connectivity index (χ0v) is 26.9. The van der Waals surface area contributed by atoms with Crippen LogP contribution in [0.3, 0.4) is 0 Å². The average Bonchev–Trinajstić information content (AvgIpc) is 3.73. The van der Waals surface area contributed by atoms with Crippen molar-refractivity contribution in [1.29, 1.82) is 0 Å². The van der Waals surface area contributed by atoms with E-state index in [1.807, 2.05) is 32.6 Å². The molecule has 1 heterocycles. The molecule has 3 fully saturated rings. The second kappa shape index (κ2) is 16.9. The number of ketones is 2. The number of thioether (sulfide) groups is 1. The summed E-state index contributed by atoms with van der Waals surface area (Å²) in [6.07, 6.45) is 9.77. The number of amides is 5. The highest BCUT2D eigenvalue weighted by molar-refractivity contribution is 8.00. The van der Waals surface area contributed by atoms with Crippen LogP contribution in [0.2, 0.25) is 0 Å². The van der Waals surface area contributed by atoms with Gasteiger partial charge in [-0.15, -0.1) is 11.8 Å². The Bertz CT molecular complexity index is 960. The van der Waals surface area contributed by atoms with Gasteiger partial charge in [-0.25, -0.2) is 4.79 Å². The van der Waals surface area contributed by atoms with E-state index in [2.05, 4.69) is 28.2 Å². The standard InChI is InChI=1S/C23H39N3O3.C7H12N2O3S/c1-15-9-8-14-26(15)21(28)20(23(2,3)4)25-22(29)24-18(19(27)17-12-13-17)16-10-6-5-7-11-16;1-3-13-7(9-4-10)5(11)6(12)8-2/h15-18,20H,5-14H2,1-4H3,(H2,24,25,29);4,7H,3H2,1-2H3,(H,8,12)(H,9,10). The minimum absolute atomic E-state index is 0.0135. The molecule has 3 rings (SSSR count). The van der Waals surface area contributed by atoms with Gasteiger partial charge in [0.15, 0.2) is 5.78 Å². The zero-order chi connectivity index (χ0) is 31.4. The summed E-state index contributed by atoms with van der Waals surface area (Å²) >= 11 is 1.20. The predicted octanol–water partition coefficient (Wildman–Crippen LogP) is 2.77. The van der Waals surface area contributed by atoms with Gasteiger partial charge in [0.2, 0.25) is 12.3 Å². The number of hydrogen-bond acceptors (Lipinski definition) is 7. The van der Waals surface area contributed by atoms with Crippen LogP contribution in [0.15, 0.2) is 0 Å². The van der Waals surface area contributed by atoms with Crippen molar-refractivity contribution in [1.82, 2.24) is 26.2 Å². The first-order valence-electron chi connectivity index (χ1n) is 15.3. The molecule has 12 heteroatoms. The molecule has 11 nitrogen and oxygen atoms in total. The maximum atomic E-state index is 13.2. The molecule has 4 unspecified atom stereocenters. The molecule has 0 spiro atoms. The molecule has 3 aliphatic rings. The molecular weight excluding hydrogens is 558 g/mol. The predicted molar refractivity (Wildman–Crippen MR) is 164 cm³/mol. The molecule has 1 saturated heterocycles. The fourth-order valence-electron chi connectivity index (χ4n) is 5.57. The second-order valence-electron chi connectivity index (χ2n) is 12.6. The van der Waals surface area contributed by atoms with Crippen LogP contribution in [0, 0.1) is 17.3 Å². The first kappa shape index (κ1) is 35.6. The summed E-state index contributed by atoms with van der Waals surface area (Å²) in [7, 11) is 1.37. The van der Waals surface area contributed by atoms with E-state index in [1.165, 1.54) is 25.2 Å². The van der Waals surface area contributed by atoms with Crippen LogP contribution in [0.5, 0.6) is 0 Å². The smallest absolute Gasteiger partial charge is 0.316 e. The number of Topliss-reactive ketones (excluding diaryl/α,β-unsaturated/α-hetero) is 2. The number of urea groups is 1. The summed E-state index contributed by atoms with van der Waals surface area (Å²) in [6.45, 7) is 10.6. The third-order valence-corrected chi connectivity index (χ3v) is 9.18. The highest BCUT2D eigenvalue weighted by atomic mass is 32.2. The quantitative estimate of drug-likeness (QED) is 0.151. The molecule has 4 N–H and O–H groups in total. The Hall–Kier alpha value is -2.63. The third kappa shape index (κ3) is 10.6. The number of carbonyl (C=O) groups is 6. The van der Waals surface area contributed by atoms with E-state index in [0.717, 1.165) is 57.9 Å². The first-order chi connectivity index (χ1) is 19.8. The molecule has 42 heavy (non-hydrogen) atoms. The lowest BCUT2D eigenvalue weighted by Gasteiger charge is -2.36. The van der Waals surface area contributed by atoms with E-state index in [9.17, 15) is 28.8 Å². The van der Waals surface area contributed by atoms with E-state index in [-0.39, 0.29) is 35.6 Å². The highest BCUT2D eigenvalue weighted by Crippen LogP contribution is 2.35. The van der Waals surface area contributed by atoms with Gasteiger partial charge < -0.3 is 26.2 Å². The lowest BCUT2D eigenvalue weighted by Crippen LogP contribution is -2.59. The molecule has 0 aromatic carbocycles. The van der Waals surface area contributed by atoms with Gasteiger partial charge in [-0.05, 0) is 62.5 Å². The summed E-state index contributed by atoms with van der Waals surface area (Å²) < 4.78 is 0. The molecular formula is C30H51N5O6S. The van der Waals surface area contributed by atoms with Crippen molar-refractivity contribution in [2.24, 2.45) is 17.3 Å². The fourth-order valence-corrected chi connectivity index (χ4v) is 6.31. The van der Waals surface area contributed by atoms with Crippen molar-refractivity contribution in [2.75, 3.05) is 19.3 Å². The molecule has 238 valence electrons. The zero-order valence-electron chi connectivity index (χ0n) is 26.1. The molecule has 4 atom stereocenters. The number of hydrogen-bond donors (Lipinski definition) is 4. The second-order valence-corrected chi connectivity index (χ2v) is 13.9. The van der Waals surface area contributed by atoms with Gasteiger partial charge in [-0.1, -0.05) is 47.0 Å². The van der Waals surface area contributed by atoms with Gasteiger partial charge >= 0.3 is 6.03 Å². The number of carbonyl (C=O) groups excluding carboxylic acids is 6. The number of rotatable bonds is 12. The summed E-state index contributed by atoms with van der Waals surface area (Å²) in [4.78, 5) is 73.1. The molecule has 0 aromatic heterocycles. The Morgan fingerprint density at radius 1 is 0.952 bits per heavy atom. The summed E-state index contributed by atoms with van der Waals surface area (Å²) in [5.41, 5.74) is -0.405. The van der Waals surface area contributed by atoms with E-state index in [0.29, 0.717) is 12.2 Å². The average molecular weight is 610 g/mol. The molecule has 5 amide bonds. The lowest BCUT2D eigenvalue weighted by molar-refractivity contribution is -0.137. The molecule has 2 aliphatic carbocycles. The summed E-state index contributed by atoms with van der Waals surface area (Å²) in [6, 6.07) is -1.19. The van der Waals surface area contributed by atoms with Crippen molar-refractivity contribution in [3.05, 3.63) is 0 Å². The summed E-state index contributed by atoms with van der Waals surface area (Å²) in [5, 5.41) is 9.64. The summed E-state index contributed by atoms with van der Waals surface area (Å²) in [5.74, 6) is -0.160. The van der Waals surface area contributed by atoms with Gasteiger partial charge in [0, 0.05) is 25.6 Å². The Kier molecular flexibility index (Phi) is 14.3. The minimum Gasteiger partial charge on any atom is -0.352 e. The van der Waals surface area contributed by atoms with Crippen LogP contribution < -0.4 is 21.3 Å². The van der Waals surface area contributed by atoms with Crippen LogP contribution in [-0.2, 0) is 24.0 Å². The Morgan fingerprint density at radius 3 is 2.07 bits per heavy atom. The van der Waals surface area contributed by atoms with Crippen molar-refractivity contribution in [2.45, 2.75) is 116 Å². The maximum Gasteiger partial charge on any atom is 0.316 e. The van der Waals surface area contributed by atoms with Crippen molar-refractivity contribution in [3.63, 3.8) is 0 Å². The van der Waals surface area contributed by atoms with Gasteiger partial charge in [-0.2, -0.15) is 0 Å². The van der Waals surface area contributed by atoms with Gasteiger partial charge in [-0.3, -0.25) is 24.0 Å². The molecule has 0 aromatic rings. The largest absolute Gasteiger partial charge is 0.352 e. The van der Waals surface area contributed by atoms with E-state index in [1.54, 1.807) is 0 Å². The van der Waals surface area contributed by atoms with E-state index < -0.39 is 34.6 Å². The van der Waals surface area contributed by atoms with Crippen molar-refractivity contribution < 1.29 is 28.8 Å². The molecule has 2 saturated carbocycles. The Labute approximate surface area is 254 Å². The first-order valence-corrected chi connectivity index (χ1v) is 16.4. The number of likely N-dealkylation sites (tertiary alicyclic amines) is 1. The van der Waals surface area contributed by atoms with Crippen LogP contribution >= 0.6 is 11.8 Å². The number of likely N-dealkylation sites (N-methyl/N-ethyl adjacent to an activating group) is 1. The van der Waals surface area contributed by atoms with Crippen LogP contribution in [0.25, 0.3) is 0 Å². The van der Waals surface area contributed by atoms with E-state index in [4.69, 9.17) is 0 Å². The van der Waals surface area contributed by atoms with Gasteiger partial charge in [0.05, 0.1) is 6.04 Å². The van der Waals surface area contributed by atoms with Crippen LogP contribution in [0.1, 0.15) is 92.4 Å². The molecule has 0 bridgehead atoms. The Morgan fingerprint density at radius 2 is 1.60 bits per heavy atom. The molecule has 0 radical (unpaired) electrons. The minimum atomic E-state index is -0.776. The lowest BCUT2D eigenvalue weighted by atomic mass is 9.81. The van der Waals surface area contributed by atoms with Crippen molar-refractivity contribution in [3.8, 4) is 0 Å². The fraction of sp³-hybridized carbons (Fsp3) is 0.800. The van der Waals surface area contributed by atoms with Crippen LogP contribution in [-0.4, -0.2) is 83.6 Å². The number of nitrogens with zero attached hydrogens (tertiary/aromatic N) is 1.